The minimum Gasteiger partial charge on any atom is -0.291 e. The lowest BCUT2D eigenvalue weighted by Gasteiger charge is -2.39. The molecule has 1 aliphatic heterocycles. The SMILES string of the molecule is CCCC1CCCCN1C(C)C(=O)c1ccc(Cl)s1. The molecule has 0 N–H and O–H groups in total. The highest BCUT2D eigenvalue weighted by atomic mass is 35.5. The highest BCUT2D eigenvalue weighted by Crippen LogP contribution is 2.27. The van der Waals surface area contributed by atoms with E-state index in [9.17, 15) is 4.79 Å². The Hall–Kier alpha value is -0.380. The van der Waals surface area contributed by atoms with E-state index in [1.807, 2.05) is 19.1 Å². The Kier molecular flexibility index (Phi) is 5.43. The Morgan fingerprint density at radius 3 is 2.95 bits per heavy atom. The van der Waals surface area contributed by atoms with Crippen LogP contribution < -0.4 is 0 Å². The van der Waals surface area contributed by atoms with Crippen molar-refractivity contribution in [2.45, 2.75) is 58.0 Å². The summed E-state index contributed by atoms with van der Waals surface area (Å²) in [6, 6.07) is 4.22. The van der Waals surface area contributed by atoms with E-state index in [4.69, 9.17) is 11.6 Å². The minimum absolute atomic E-state index is 0.0217. The van der Waals surface area contributed by atoms with Crippen LogP contribution in [0.25, 0.3) is 0 Å². The van der Waals surface area contributed by atoms with E-state index in [-0.39, 0.29) is 11.8 Å². The van der Waals surface area contributed by atoms with Gasteiger partial charge in [0.25, 0.3) is 0 Å². The third-order valence-corrected chi connectivity index (χ3v) is 5.23. The van der Waals surface area contributed by atoms with E-state index < -0.39 is 0 Å². The molecule has 2 unspecified atom stereocenters. The standard InChI is InChI=1S/C15H22ClNOS/c1-3-6-12-7-4-5-10-17(12)11(2)15(18)13-8-9-14(16)19-13/h8-9,11-12H,3-7,10H2,1-2H3. The zero-order chi connectivity index (χ0) is 13.8. The van der Waals surface area contributed by atoms with Gasteiger partial charge in [0.2, 0.25) is 0 Å². The van der Waals surface area contributed by atoms with Crippen LogP contribution in [0.2, 0.25) is 4.34 Å². The second-order valence-corrected chi connectivity index (χ2v) is 7.04. The van der Waals surface area contributed by atoms with Gasteiger partial charge < -0.3 is 0 Å². The quantitative estimate of drug-likeness (QED) is 0.739. The summed E-state index contributed by atoms with van der Waals surface area (Å²) in [5.74, 6) is 0.222. The topological polar surface area (TPSA) is 20.3 Å². The molecule has 0 amide bonds. The van der Waals surface area contributed by atoms with E-state index in [2.05, 4.69) is 11.8 Å². The van der Waals surface area contributed by atoms with Crippen LogP contribution >= 0.6 is 22.9 Å². The number of halogens is 1. The number of likely N-dealkylation sites (tertiary alicyclic amines) is 1. The van der Waals surface area contributed by atoms with Crippen molar-refractivity contribution in [3.63, 3.8) is 0 Å². The number of nitrogens with zero attached hydrogens (tertiary/aromatic N) is 1. The molecule has 2 heterocycles. The molecule has 0 aromatic carbocycles. The van der Waals surface area contributed by atoms with Gasteiger partial charge in [-0.25, -0.2) is 0 Å². The molecule has 1 aromatic rings. The van der Waals surface area contributed by atoms with Gasteiger partial charge in [-0.1, -0.05) is 31.4 Å². The van der Waals surface area contributed by atoms with E-state index in [0.717, 1.165) is 11.4 Å². The molecule has 4 heteroatoms. The number of carbonyl (C=O) groups is 1. The summed E-state index contributed by atoms with van der Waals surface area (Å²) in [5, 5.41) is 0. The van der Waals surface area contributed by atoms with Crippen molar-refractivity contribution in [3.05, 3.63) is 21.3 Å². The van der Waals surface area contributed by atoms with E-state index in [1.165, 1.54) is 43.4 Å². The summed E-state index contributed by atoms with van der Waals surface area (Å²) in [6.45, 7) is 5.32. The van der Waals surface area contributed by atoms with Crippen LogP contribution in [0.5, 0.6) is 0 Å². The summed E-state index contributed by atoms with van der Waals surface area (Å²) in [7, 11) is 0. The molecule has 0 aliphatic carbocycles. The third-order valence-electron chi connectivity index (χ3n) is 3.99. The summed E-state index contributed by atoms with van der Waals surface area (Å²) in [5.41, 5.74) is 0. The molecule has 19 heavy (non-hydrogen) atoms. The fraction of sp³-hybridized carbons (Fsp3) is 0.667. The first-order valence-corrected chi connectivity index (χ1v) is 8.38. The highest BCUT2D eigenvalue weighted by molar-refractivity contribution is 7.18. The summed E-state index contributed by atoms with van der Waals surface area (Å²) in [4.78, 5) is 15.7. The maximum atomic E-state index is 12.5. The van der Waals surface area contributed by atoms with Crippen LogP contribution in [0.4, 0.5) is 0 Å². The molecule has 2 nitrogen and oxygen atoms in total. The van der Waals surface area contributed by atoms with Crippen LogP contribution in [0, 0.1) is 0 Å². The molecule has 106 valence electrons. The van der Waals surface area contributed by atoms with Crippen LogP contribution in [-0.4, -0.2) is 29.3 Å². The lowest BCUT2D eigenvalue weighted by atomic mass is 9.95. The molecule has 0 spiro atoms. The molecule has 1 aromatic heterocycles. The first-order valence-electron chi connectivity index (χ1n) is 7.18. The molecule has 1 saturated heterocycles. The normalized spacial score (nSPS) is 22.4. The Bertz CT molecular complexity index is 430. The van der Waals surface area contributed by atoms with E-state index in [0.29, 0.717) is 10.4 Å². The maximum absolute atomic E-state index is 12.5. The number of ketones is 1. The predicted molar refractivity (Wildman–Crippen MR) is 82.4 cm³/mol. The number of hydrogen-bond donors (Lipinski definition) is 0. The number of carbonyl (C=O) groups excluding carboxylic acids is 1. The van der Waals surface area contributed by atoms with Gasteiger partial charge in [0.15, 0.2) is 5.78 Å². The van der Waals surface area contributed by atoms with Gasteiger partial charge in [0, 0.05) is 6.04 Å². The zero-order valence-electron chi connectivity index (χ0n) is 11.7. The van der Waals surface area contributed by atoms with Gasteiger partial charge in [-0.3, -0.25) is 9.69 Å². The van der Waals surface area contributed by atoms with Crippen LogP contribution in [0.15, 0.2) is 12.1 Å². The first-order chi connectivity index (χ1) is 9.13. The van der Waals surface area contributed by atoms with Gasteiger partial charge >= 0.3 is 0 Å². The second-order valence-electron chi connectivity index (χ2n) is 5.32. The summed E-state index contributed by atoms with van der Waals surface area (Å²) in [6.07, 6.45) is 6.13. The smallest absolute Gasteiger partial charge is 0.189 e. The lowest BCUT2D eigenvalue weighted by molar-refractivity contribution is 0.0653. The van der Waals surface area contributed by atoms with Crippen molar-refractivity contribution in [1.29, 1.82) is 0 Å². The largest absolute Gasteiger partial charge is 0.291 e. The summed E-state index contributed by atoms with van der Waals surface area (Å²) < 4.78 is 0.694. The predicted octanol–water partition coefficient (Wildman–Crippen LogP) is 4.63. The zero-order valence-corrected chi connectivity index (χ0v) is 13.3. The number of rotatable bonds is 5. The Balaban J connectivity index is 2.08. The molecule has 2 rings (SSSR count). The fourth-order valence-electron chi connectivity index (χ4n) is 2.98. The van der Waals surface area contributed by atoms with Gasteiger partial charge in [-0.05, 0) is 44.9 Å². The van der Waals surface area contributed by atoms with Gasteiger partial charge in [0.05, 0.1) is 15.3 Å². The van der Waals surface area contributed by atoms with Crippen molar-refractivity contribution >= 4 is 28.7 Å². The number of piperidine rings is 1. The van der Waals surface area contributed by atoms with Gasteiger partial charge in [-0.15, -0.1) is 11.3 Å². The monoisotopic (exact) mass is 299 g/mol. The number of hydrogen-bond acceptors (Lipinski definition) is 3. The molecule has 0 bridgehead atoms. The minimum atomic E-state index is -0.0217. The van der Waals surface area contributed by atoms with Crippen molar-refractivity contribution in [1.82, 2.24) is 4.90 Å². The van der Waals surface area contributed by atoms with Crippen LogP contribution in [-0.2, 0) is 0 Å². The maximum Gasteiger partial charge on any atom is 0.189 e. The van der Waals surface area contributed by atoms with Crippen molar-refractivity contribution in [3.8, 4) is 0 Å². The Labute approximate surface area is 124 Å². The Morgan fingerprint density at radius 1 is 1.53 bits per heavy atom. The first kappa shape index (κ1) is 15.0. The fourth-order valence-corrected chi connectivity index (χ4v) is 4.04. The number of Topliss-reactive ketones (excluding diaryl/α,β-unsaturated/α-hetero) is 1. The third kappa shape index (κ3) is 3.59. The van der Waals surface area contributed by atoms with E-state index in [1.54, 1.807) is 0 Å². The highest BCUT2D eigenvalue weighted by Gasteiger charge is 2.30. The van der Waals surface area contributed by atoms with E-state index >= 15 is 0 Å². The van der Waals surface area contributed by atoms with Gasteiger partial charge in [-0.2, -0.15) is 0 Å². The average molecular weight is 300 g/mol. The summed E-state index contributed by atoms with van der Waals surface area (Å²) >= 11 is 7.32. The Morgan fingerprint density at radius 2 is 2.32 bits per heavy atom. The van der Waals surface area contributed by atoms with Gasteiger partial charge in [0.1, 0.15) is 0 Å². The molecular formula is C15H22ClNOS. The number of thiophene rings is 1. The molecular weight excluding hydrogens is 278 g/mol. The second kappa shape index (κ2) is 6.87. The molecule has 0 radical (unpaired) electrons. The van der Waals surface area contributed by atoms with Crippen LogP contribution in [0.1, 0.15) is 55.6 Å². The molecule has 1 aliphatic rings. The lowest BCUT2D eigenvalue weighted by Crippen LogP contribution is -2.48. The molecule has 0 saturated carbocycles. The molecule has 1 fully saturated rings. The van der Waals surface area contributed by atoms with Crippen molar-refractivity contribution in [2.24, 2.45) is 0 Å². The van der Waals surface area contributed by atoms with Crippen molar-refractivity contribution in [2.75, 3.05) is 6.54 Å². The van der Waals surface area contributed by atoms with Crippen molar-refractivity contribution < 1.29 is 4.79 Å². The van der Waals surface area contributed by atoms with Crippen LogP contribution in [0.3, 0.4) is 0 Å². The average Bonchev–Trinajstić information content (AvgIpc) is 2.85. The molecule has 2 atom stereocenters.